The summed E-state index contributed by atoms with van der Waals surface area (Å²) in [6.07, 6.45) is 0. The van der Waals surface area contributed by atoms with Crippen molar-refractivity contribution in [1.29, 1.82) is 0 Å². The van der Waals surface area contributed by atoms with Crippen LogP contribution in [0.15, 0.2) is 83.8 Å². The zero-order chi connectivity index (χ0) is 24.7. The van der Waals surface area contributed by atoms with Gasteiger partial charge in [-0.05, 0) is 59.4 Å². The van der Waals surface area contributed by atoms with E-state index in [-0.39, 0.29) is 5.91 Å². The Balaban J connectivity index is 1.25. The number of likely N-dealkylation sites (N-methyl/N-ethyl adjacent to an activating group) is 1. The Kier molecular flexibility index (Phi) is 7.70. The molecule has 1 saturated heterocycles. The summed E-state index contributed by atoms with van der Waals surface area (Å²) in [5, 5.41) is 15.2. The molecule has 8 nitrogen and oxygen atoms in total. The van der Waals surface area contributed by atoms with Gasteiger partial charge in [0.15, 0.2) is 5.82 Å². The van der Waals surface area contributed by atoms with Crippen molar-refractivity contribution >= 4 is 23.4 Å². The third-order valence-corrected chi connectivity index (χ3v) is 7.28. The molecule has 1 amide bonds. The van der Waals surface area contributed by atoms with Gasteiger partial charge in [-0.1, -0.05) is 42.5 Å². The lowest BCUT2D eigenvalue weighted by atomic mass is 10.1. The summed E-state index contributed by atoms with van der Waals surface area (Å²) in [6, 6.07) is 25.6. The van der Waals surface area contributed by atoms with Crippen LogP contribution in [0.1, 0.15) is 21.7 Å². The summed E-state index contributed by atoms with van der Waals surface area (Å²) in [5.41, 5.74) is 3.54. The maximum Gasteiger partial charge on any atom is 0.256 e. The number of carbonyl (C=O) groups excluding carboxylic acids is 1. The van der Waals surface area contributed by atoms with Crippen molar-refractivity contribution in [2.24, 2.45) is 0 Å². The van der Waals surface area contributed by atoms with E-state index in [0.717, 1.165) is 54.8 Å². The number of carbonyl (C=O) groups is 1. The largest absolute Gasteiger partial charge is 0.322 e. The normalized spacial score (nSPS) is 14.6. The van der Waals surface area contributed by atoms with Crippen molar-refractivity contribution in [2.45, 2.75) is 17.2 Å². The Hall–Kier alpha value is -3.53. The number of nitrogens with zero attached hydrogens (tertiary/aromatic N) is 6. The Bertz CT molecular complexity index is 1300. The maximum atomic E-state index is 13.2. The highest BCUT2D eigenvalue weighted by Gasteiger charge is 2.16. The van der Waals surface area contributed by atoms with Crippen molar-refractivity contribution in [3.05, 3.63) is 95.8 Å². The average molecular weight is 500 g/mol. The Morgan fingerprint density at radius 1 is 0.944 bits per heavy atom. The smallest absolute Gasteiger partial charge is 0.256 e. The second kappa shape index (κ2) is 11.5. The molecule has 0 spiro atoms. The van der Waals surface area contributed by atoms with E-state index in [0.29, 0.717) is 11.3 Å². The quantitative estimate of drug-likeness (QED) is 0.368. The van der Waals surface area contributed by atoms with Crippen molar-refractivity contribution in [3.8, 4) is 5.69 Å². The summed E-state index contributed by atoms with van der Waals surface area (Å²) >= 11 is 1.54. The minimum atomic E-state index is -0.127. The van der Waals surface area contributed by atoms with Gasteiger partial charge >= 0.3 is 0 Å². The highest BCUT2D eigenvalue weighted by atomic mass is 32.2. The van der Waals surface area contributed by atoms with Gasteiger partial charge in [-0.3, -0.25) is 9.69 Å². The summed E-state index contributed by atoms with van der Waals surface area (Å²) in [7, 11) is 2.16. The maximum absolute atomic E-state index is 13.2. The fourth-order valence-electron chi connectivity index (χ4n) is 4.20. The molecule has 5 rings (SSSR count). The number of hydrogen-bond donors (Lipinski definition) is 1. The first-order valence-electron chi connectivity index (χ1n) is 12.0. The van der Waals surface area contributed by atoms with Gasteiger partial charge < -0.3 is 10.2 Å². The van der Waals surface area contributed by atoms with Crippen LogP contribution in [0.25, 0.3) is 5.69 Å². The molecule has 0 aliphatic carbocycles. The molecule has 2 heterocycles. The highest BCUT2D eigenvalue weighted by molar-refractivity contribution is 7.98. The number of nitrogens with one attached hydrogen (secondary N) is 1. The van der Waals surface area contributed by atoms with E-state index in [1.165, 1.54) is 5.56 Å². The van der Waals surface area contributed by atoms with Crippen molar-refractivity contribution in [2.75, 3.05) is 38.5 Å². The molecule has 0 bridgehead atoms. The SMILES string of the molecule is CN1CCN(Cc2cccc(NC(=O)c3ccccc3SCc3nnnn3-c3ccccc3)c2)CC1. The second-order valence-corrected chi connectivity index (χ2v) is 9.88. The molecule has 36 heavy (non-hydrogen) atoms. The molecule has 1 aliphatic rings. The van der Waals surface area contributed by atoms with Gasteiger partial charge in [0, 0.05) is 43.3 Å². The third-order valence-electron chi connectivity index (χ3n) is 6.21. The van der Waals surface area contributed by atoms with Gasteiger partial charge in [-0.15, -0.1) is 16.9 Å². The molecule has 4 aromatic rings. The minimum absolute atomic E-state index is 0.127. The number of amides is 1. The first-order valence-corrected chi connectivity index (χ1v) is 13.0. The molecule has 1 fully saturated rings. The van der Waals surface area contributed by atoms with E-state index < -0.39 is 0 Å². The van der Waals surface area contributed by atoms with Gasteiger partial charge in [-0.2, -0.15) is 4.68 Å². The van der Waals surface area contributed by atoms with Crippen LogP contribution in [0.2, 0.25) is 0 Å². The lowest BCUT2D eigenvalue weighted by Crippen LogP contribution is -2.43. The van der Waals surface area contributed by atoms with E-state index >= 15 is 0 Å². The average Bonchev–Trinajstić information content (AvgIpc) is 3.38. The molecular weight excluding hydrogens is 470 g/mol. The lowest BCUT2D eigenvalue weighted by Gasteiger charge is -2.32. The Labute approximate surface area is 215 Å². The molecule has 0 radical (unpaired) electrons. The molecule has 0 unspecified atom stereocenters. The fraction of sp³-hybridized carbons (Fsp3) is 0.259. The lowest BCUT2D eigenvalue weighted by molar-refractivity contribution is 0.102. The van der Waals surface area contributed by atoms with E-state index in [1.54, 1.807) is 16.4 Å². The zero-order valence-electron chi connectivity index (χ0n) is 20.2. The van der Waals surface area contributed by atoms with Gasteiger partial charge in [0.1, 0.15) is 0 Å². The predicted molar refractivity (Wildman–Crippen MR) is 142 cm³/mol. The van der Waals surface area contributed by atoms with Crippen LogP contribution < -0.4 is 5.32 Å². The van der Waals surface area contributed by atoms with Crippen LogP contribution in [0.4, 0.5) is 5.69 Å². The molecule has 3 aromatic carbocycles. The van der Waals surface area contributed by atoms with Crippen molar-refractivity contribution in [3.63, 3.8) is 0 Å². The second-order valence-electron chi connectivity index (χ2n) is 8.86. The van der Waals surface area contributed by atoms with E-state index in [1.807, 2.05) is 66.7 Å². The van der Waals surface area contributed by atoms with Crippen molar-refractivity contribution in [1.82, 2.24) is 30.0 Å². The molecule has 184 valence electrons. The highest BCUT2D eigenvalue weighted by Crippen LogP contribution is 2.27. The van der Waals surface area contributed by atoms with Crippen molar-refractivity contribution < 1.29 is 4.79 Å². The van der Waals surface area contributed by atoms with E-state index in [4.69, 9.17) is 0 Å². The number of benzene rings is 3. The molecular formula is C27H29N7OS. The van der Waals surface area contributed by atoms with Crippen LogP contribution in [-0.4, -0.2) is 69.1 Å². The van der Waals surface area contributed by atoms with Crippen LogP contribution in [0.3, 0.4) is 0 Å². The number of anilines is 1. The Morgan fingerprint density at radius 2 is 1.72 bits per heavy atom. The predicted octanol–water partition coefficient (Wildman–Crippen LogP) is 3.95. The van der Waals surface area contributed by atoms with Gasteiger partial charge in [0.05, 0.1) is 17.0 Å². The first-order chi connectivity index (χ1) is 17.7. The molecule has 1 aliphatic heterocycles. The first kappa shape index (κ1) is 24.2. The summed E-state index contributed by atoms with van der Waals surface area (Å²) in [6.45, 7) is 5.18. The van der Waals surface area contributed by atoms with Gasteiger partial charge in [-0.25, -0.2) is 0 Å². The van der Waals surface area contributed by atoms with Crippen LogP contribution in [0, 0.1) is 0 Å². The van der Waals surface area contributed by atoms with Crippen LogP contribution in [0.5, 0.6) is 0 Å². The van der Waals surface area contributed by atoms with Crippen LogP contribution in [-0.2, 0) is 12.3 Å². The van der Waals surface area contributed by atoms with Crippen LogP contribution >= 0.6 is 11.8 Å². The molecule has 1 aromatic heterocycles. The number of aromatic nitrogens is 4. The third kappa shape index (κ3) is 5.99. The zero-order valence-corrected chi connectivity index (χ0v) is 21.1. The monoisotopic (exact) mass is 499 g/mol. The summed E-state index contributed by atoms with van der Waals surface area (Å²) < 4.78 is 1.72. The van der Waals surface area contributed by atoms with Gasteiger partial charge in [0.25, 0.3) is 5.91 Å². The molecule has 0 saturated carbocycles. The van der Waals surface area contributed by atoms with Gasteiger partial charge in [0.2, 0.25) is 0 Å². The number of thioether (sulfide) groups is 1. The molecule has 9 heteroatoms. The number of para-hydroxylation sites is 1. The summed E-state index contributed by atoms with van der Waals surface area (Å²) in [5.74, 6) is 1.13. The topological polar surface area (TPSA) is 79.2 Å². The minimum Gasteiger partial charge on any atom is -0.322 e. The standard InChI is InChI=1S/C27H29N7OS/c1-32-14-16-33(17-15-32)19-21-8-7-9-22(18-21)28-27(35)24-12-5-6-13-25(24)36-20-26-29-30-31-34(26)23-10-3-2-4-11-23/h2-13,18H,14-17,19-20H2,1H3,(H,28,35). The number of hydrogen-bond acceptors (Lipinski definition) is 7. The Morgan fingerprint density at radius 3 is 2.56 bits per heavy atom. The number of piperazine rings is 1. The van der Waals surface area contributed by atoms with E-state index in [2.05, 4.69) is 49.8 Å². The number of rotatable bonds is 8. The fourth-order valence-corrected chi connectivity index (χ4v) is 5.15. The van der Waals surface area contributed by atoms with E-state index in [9.17, 15) is 4.79 Å². The molecule has 1 N–H and O–H groups in total. The number of tetrazole rings is 1. The molecule has 0 atom stereocenters. The summed E-state index contributed by atoms with van der Waals surface area (Å²) in [4.78, 5) is 18.9.